The third kappa shape index (κ3) is 2.21. The SMILES string of the molecule is COc1cc(Br)c2oc(C(=O)C(C)C)cc2c1Br. The van der Waals surface area contributed by atoms with Crippen LogP contribution in [0.15, 0.2) is 25.5 Å². The average molecular weight is 376 g/mol. The Morgan fingerprint density at radius 3 is 2.56 bits per heavy atom. The summed E-state index contributed by atoms with van der Waals surface area (Å²) in [5.74, 6) is 0.961. The smallest absolute Gasteiger partial charge is 0.200 e. The molecule has 0 aliphatic heterocycles. The Labute approximate surface area is 122 Å². The molecular formula is C13H12Br2O3. The number of methoxy groups -OCH3 is 1. The zero-order valence-corrected chi connectivity index (χ0v) is 13.4. The summed E-state index contributed by atoms with van der Waals surface area (Å²) in [7, 11) is 1.60. The predicted octanol–water partition coefficient (Wildman–Crippen LogP) is 4.81. The van der Waals surface area contributed by atoms with Gasteiger partial charge in [0.25, 0.3) is 0 Å². The molecule has 0 atom stereocenters. The van der Waals surface area contributed by atoms with Gasteiger partial charge >= 0.3 is 0 Å². The van der Waals surface area contributed by atoms with E-state index >= 15 is 0 Å². The van der Waals surface area contributed by atoms with Crippen LogP contribution >= 0.6 is 31.9 Å². The van der Waals surface area contributed by atoms with Gasteiger partial charge in [0.15, 0.2) is 11.3 Å². The minimum Gasteiger partial charge on any atom is -0.496 e. The molecule has 0 aliphatic carbocycles. The number of furan rings is 1. The molecule has 5 heteroatoms. The number of carbonyl (C=O) groups excluding carboxylic acids is 1. The van der Waals surface area contributed by atoms with Gasteiger partial charge in [-0.15, -0.1) is 0 Å². The van der Waals surface area contributed by atoms with Gasteiger partial charge in [0, 0.05) is 11.3 Å². The van der Waals surface area contributed by atoms with Crippen LogP contribution in [0.3, 0.4) is 0 Å². The summed E-state index contributed by atoms with van der Waals surface area (Å²) in [6.07, 6.45) is 0. The molecule has 18 heavy (non-hydrogen) atoms. The summed E-state index contributed by atoms with van der Waals surface area (Å²) >= 11 is 6.87. The summed E-state index contributed by atoms with van der Waals surface area (Å²) < 4.78 is 12.4. The first-order chi connectivity index (χ1) is 8.45. The van der Waals surface area contributed by atoms with Crippen molar-refractivity contribution in [1.29, 1.82) is 0 Å². The number of carbonyl (C=O) groups is 1. The van der Waals surface area contributed by atoms with Crippen LogP contribution in [0.1, 0.15) is 24.4 Å². The highest BCUT2D eigenvalue weighted by Gasteiger charge is 2.20. The molecule has 0 amide bonds. The van der Waals surface area contributed by atoms with E-state index in [-0.39, 0.29) is 11.7 Å². The Balaban J connectivity index is 2.68. The van der Waals surface area contributed by atoms with Gasteiger partial charge in [-0.2, -0.15) is 0 Å². The molecule has 96 valence electrons. The standard InChI is InChI=1S/C13H12Br2O3/c1-6(2)12(16)10-4-7-11(15)9(17-3)5-8(14)13(7)18-10/h4-6H,1-3H3. The van der Waals surface area contributed by atoms with Crippen LogP contribution in [0.25, 0.3) is 11.0 Å². The Kier molecular flexibility index (Phi) is 3.82. The second kappa shape index (κ2) is 5.05. The van der Waals surface area contributed by atoms with Gasteiger partial charge in [-0.25, -0.2) is 0 Å². The van der Waals surface area contributed by atoms with Crippen LogP contribution in [0.4, 0.5) is 0 Å². The number of benzene rings is 1. The summed E-state index contributed by atoms with van der Waals surface area (Å²) in [5.41, 5.74) is 0.645. The molecule has 0 bridgehead atoms. The molecular weight excluding hydrogens is 364 g/mol. The maximum absolute atomic E-state index is 11.9. The molecule has 2 rings (SSSR count). The van der Waals surface area contributed by atoms with Crippen LogP contribution in [-0.2, 0) is 0 Å². The topological polar surface area (TPSA) is 39.4 Å². The van der Waals surface area contributed by atoms with Crippen LogP contribution in [0.2, 0.25) is 0 Å². The lowest BCUT2D eigenvalue weighted by atomic mass is 10.1. The zero-order valence-electron chi connectivity index (χ0n) is 10.2. The number of hydrogen-bond acceptors (Lipinski definition) is 3. The van der Waals surface area contributed by atoms with Crippen molar-refractivity contribution in [3.05, 3.63) is 26.8 Å². The molecule has 0 fully saturated rings. The number of fused-ring (bicyclic) bond motifs is 1. The first-order valence-electron chi connectivity index (χ1n) is 5.45. The van der Waals surface area contributed by atoms with Gasteiger partial charge in [-0.1, -0.05) is 13.8 Å². The van der Waals surface area contributed by atoms with Crippen molar-refractivity contribution < 1.29 is 13.9 Å². The molecule has 0 aliphatic rings. The van der Waals surface area contributed by atoms with E-state index in [2.05, 4.69) is 31.9 Å². The fourth-order valence-corrected chi connectivity index (χ4v) is 2.74. The number of Topliss-reactive ketones (excluding diaryl/α,β-unsaturated/α-hetero) is 1. The third-order valence-corrected chi connectivity index (χ3v) is 4.05. The first kappa shape index (κ1) is 13.6. The van der Waals surface area contributed by atoms with Crippen molar-refractivity contribution in [1.82, 2.24) is 0 Å². The van der Waals surface area contributed by atoms with E-state index < -0.39 is 0 Å². The van der Waals surface area contributed by atoms with Crippen molar-refractivity contribution in [2.75, 3.05) is 7.11 Å². The van der Waals surface area contributed by atoms with E-state index in [1.54, 1.807) is 19.2 Å². The van der Waals surface area contributed by atoms with Gasteiger partial charge < -0.3 is 9.15 Å². The van der Waals surface area contributed by atoms with Crippen molar-refractivity contribution >= 4 is 48.6 Å². The maximum Gasteiger partial charge on any atom is 0.200 e. The lowest BCUT2D eigenvalue weighted by Crippen LogP contribution is -2.05. The van der Waals surface area contributed by atoms with Crippen LogP contribution < -0.4 is 4.74 Å². The van der Waals surface area contributed by atoms with Gasteiger partial charge in [0.1, 0.15) is 5.75 Å². The second-order valence-electron chi connectivity index (χ2n) is 4.25. The molecule has 0 radical (unpaired) electrons. The van der Waals surface area contributed by atoms with Gasteiger partial charge in [-0.3, -0.25) is 4.79 Å². The van der Waals surface area contributed by atoms with Gasteiger partial charge in [-0.05, 0) is 44.0 Å². The lowest BCUT2D eigenvalue weighted by Gasteiger charge is -2.04. The molecule has 1 aromatic heterocycles. The predicted molar refractivity (Wildman–Crippen MR) is 77.3 cm³/mol. The Bertz CT molecular complexity index is 614. The maximum atomic E-state index is 11.9. The molecule has 0 saturated carbocycles. The highest BCUT2D eigenvalue weighted by molar-refractivity contribution is 9.11. The van der Waals surface area contributed by atoms with E-state index in [0.29, 0.717) is 17.1 Å². The summed E-state index contributed by atoms with van der Waals surface area (Å²) in [6, 6.07) is 3.55. The van der Waals surface area contributed by atoms with E-state index in [9.17, 15) is 4.79 Å². The minimum atomic E-state index is -0.0926. The van der Waals surface area contributed by atoms with Crippen molar-refractivity contribution in [2.24, 2.45) is 5.92 Å². The normalized spacial score (nSPS) is 11.2. The third-order valence-electron chi connectivity index (χ3n) is 2.65. The van der Waals surface area contributed by atoms with Crippen LogP contribution in [0, 0.1) is 5.92 Å². The Hall–Kier alpha value is -0.810. The fraction of sp³-hybridized carbons (Fsp3) is 0.308. The van der Waals surface area contributed by atoms with E-state index in [1.165, 1.54) is 0 Å². The van der Waals surface area contributed by atoms with Crippen LogP contribution in [-0.4, -0.2) is 12.9 Å². The van der Waals surface area contributed by atoms with E-state index in [0.717, 1.165) is 14.3 Å². The molecule has 3 nitrogen and oxygen atoms in total. The second-order valence-corrected chi connectivity index (χ2v) is 5.89. The molecule has 0 spiro atoms. The quantitative estimate of drug-likeness (QED) is 0.723. The van der Waals surface area contributed by atoms with Crippen LogP contribution in [0.5, 0.6) is 5.75 Å². The molecule has 0 unspecified atom stereocenters. The monoisotopic (exact) mass is 374 g/mol. The number of rotatable bonds is 3. The van der Waals surface area contributed by atoms with Gasteiger partial charge in [0.05, 0.1) is 16.1 Å². The summed E-state index contributed by atoms with van der Waals surface area (Å²) in [6.45, 7) is 3.69. The van der Waals surface area contributed by atoms with Gasteiger partial charge in [0.2, 0.25) is 5.78 Å². The summed E-state index contributed by atoms with van der Waals surface area (Å²) in [4.78, 5) is 11.9. The van der Waals surface area contributed by atoms with E-state index in [4.69, 9.17) is 9.15 Å². The van der Waals surface area contributed by atoms with Crippen molar-refractivity contribution in [3.63, 3.8) is 0 Å². The van der Waals surface area contributed by atoms with Crippen molar-refractivity contribution in [3.8, 4) is 5.75 Å². The Morgan fingerprint density at radius 1 is 1.33 bits per heavy atom. The van der Waals surface area contributed by atoms with Crippen molar-refractivity contribution in [2.45, 2.75) is 13.8 Å². The zero-order chi connectivity index (χ0) is 13.4. The lowest BCUT2D eigenvalue weighted by molar-refractivity contribution is 0.0913. The molecule has 1 aromatic carbocycles. The minimum absolute atomic E-state index is 0.0102. The first-order valence-corrected chi connectivity index (χ1v) is 7.04. The molecule has 2 aromatic rings. The van der Waals surface area contributed by atoms with E-state index in [1.807, 2.05) is 13.8 Å². The fourth-order valence-electron chi connectivity index (χ4n) is 1.66. The summed E-state index contributed by atoms with van der Waals surface area (Å²) in [5, 5.41) is 0.824. The highest BCUT2D eigenvalue weighted by Crippen LogP contribution is 2.39. The average Bonchev–Trinajstić information content (AvgIpc) is 2.78. The Morgan fingerprint density at radius 2 is 2.00 bits per heavy atom. The molecule has 1 heterocycles. The number of hydrogen-bond donors (Lipinski definition) is 0. The number of halogens is 2. The number of ketones is 1. The molecule has 0 saturated heterocycles. The highest BCUT2D eigenvalue weighted by atomic mass is 79.9. The largest absolute Gasteiger partial charge is 0.496 e. The molecule has 0 N–H and O–H groups in total. The number of ether oxygens (including phenoxy) is 1.